The molecule has 0 spiro atoms. The molecule has 0 atom stereocenters. The Morgan fingerprint density at radius 3 is 1.52 bits per heavy atom. The Hall–Kier alpha value is -0.850. The Bertz CT molecular complexity index is 581. The number of benzene rings is 1. The molecule has 0 N–H and O–H groups in total. The molecule has 0 saturated heterocycles. The lowest BCUT2D eigenvalue weighted by Gasteiger charge is -2.41. The normalized spacial score (nSPS) is 36.1. The zero-order valence-electron chi connectivity index (χ0n) is 18.8. The predicted octanol–water partition coefficient (Wildman–Crippen LogP) is 8.53. The van der Waals surface area contributed by atoms with Crippen LogP contribution in [0.25, 0.3) is 0 Å². The van der Waals surface area contributed by atoms with E-state index in [1.807, 2.05) is 12.1 Å². The summed E-state index contributed by atoms with van der Waals surface area (Å²) in [6.07, 6.45) is 20.6. The van der Waals surface area contributed by atoms with Crippen LogP contribution in [-0.4, -0.2) is 0 Å². The number of rotatable bonds is 6. The van der Waals surface area contributed by atoms with Gasteiger partial charge in [0.05, 0.1) is 0 Å². The third-order valence-corrected chi connectivity index (χ3v) is 9.12. The van der Waals surface area contributed by atoms with Crippen LogP contribution in [0.2, 0.25) is 0 Å². The van der Waals surface area contributed by atoms with E-state index < -0.39 is 0 Å². The van der Waals surface area contributed by atoms with Crippen molar-refractivity contribution in [3.63, 3.8) is 0 Å². The minimum atomic E-state index is -0.341. The smallest absolute Gasteiger partial charge is 0.115 e. The lowest BCUT2D eigenvalue weighted by atomic mass is 9.65. The first-order valence-corrected chi connectivity index (χ1v) is 12.8. The Kier molecular flexibility index (Phi) is 7.71. The molecule has 1 aromatic rings. The molecule has 1 aromatic carbocycles. The zero-order chi connectivity index (χ0) is 20.1. The Morgan fingerprint density at radius 2 is 1.03 bits per heavy atom. The van der Waals surface area contributed by atoms with Crippen molar-refractivity contribution in [3.05, 3.63) is 35.4 Å². The maximum Gasteiger partial charge on any atom is 0.115 e. The second-order valence-corrected chi connectivity index (χ2v) is 11.0. The third kappa shape index (κ3) is 5.86. The van der Waals surface area contributed by atoms with E-state index in [0.717, 1.165) is 41.1 Å². The summed E-state index contributed by atoms with van der Waals surface area (Å²) in [7, 11) is 0. The van der Waals surface area contributed by atoms with Crippen molar-refractivity contribution in [2.75, 3.05) is 0 Å². The van der Waals surface area contributed by atoms with Gasteiger partial charge in [-0.25, -0.2) is 4.39 Å². The molecule has 3 aliphatic rings. The van der Waals surface area contributed by atoms with Gasteiger partial charge in [0.25, 0.3) is 0 Å². The molecule has 3 saturated carbocycles. The number of halogens is 1. The monoisotopic (exact) mass is 398 g/mol. The van der Waals surface area contributed by atoms with E-state index in [9.17, 15) is 4.39 Å². The van der Waals surface area contributed by atoms with Gasteiger partial charge in [0.1, 0.15) is 6.67 Å². The first-order chi connectivity index (χ1) is 14.2. The lowest BCUT2D eigenvalue weighted by molar-refractivity contribution is 0.105. The molecule has 0 heterocycles. The maximum atomic E-state index is 12.7. The highest BCUT2D eigenvalue weighted by Crippen LogP contribution is 2.46. The summed E-state index contributed by atoms with van der Waals surface area (Å²) in [4.78, 5) is 0. The fourth-order valence-electron chi connectivity index (χ4n) is 6.96. The van der Waals surface area contributed by atoms with Gasteiger partial charge in [-0.05, 0) is 111 Å². The number of hydrogen-bond acceptors (Lipinski definition) is 0. The standard InChI is InChI=1S/C28H43F/c1-21-2-12-25(13-3-21)27-16-18-28(19-17-27)26-14-10-23(11-15-26)5-4-22-6-8-24(20-29)9-7-22/h6-9,21,23,25-28H,2-5,10-20H2,1H3. The number of aryl methyl sites for hydroxylation is 1. The SMILES string of the molecule is CC1CCC(C2CCC(C3CCC(CCc4ccc(CF)cc4)CC3)CC2)CC1. The average molecular weight is 399 g/mol. The van der Waals surface area contributed by atoms with Crippen molar-refractivity contribution in [1.29, 1.82) is 0 Å². The van der Waals surface area contributed by atoms with E-state index in [-0.39, 0.29) is 6.67 Å². The molecule has 0 amide bonds. The van der Waals surface area contributed by atoms with Crippen LogP contribution in [0.4, 0.5) is 4.39 Å². The summed E-state index contributed by atoms with van der Waals surface area (Å²) < 4.78 is 12.7. The maximum absolute atomic E-state index is 12.7. The van der Waals surface area contributed by atoms with Crippen LogP contribution < -0.4 is 0 Å². The van der Waals surface area contributed by atoms with Crippen LogP contribution in [-0.2, 0) is 13.1 Å². The summed E-state index contributed by atoms with van der Waals surface area (Å²) in [5.74, 6) is 6.13. The minimum Gasteiger partial charge on any atom is -0.246 e. The van der Waals surface area contributed by atoms with Gasteiger partial charge in [0, 0.05) is 0 Å². The Balaban J connectivity index is 1.14. The van der Waals surface area contributed by atoms with E-state index in [1.165, 1.54) is 82.6 Å². The van der Waals surface area contributed by atoms with Crippen molar-refractivity contribution in [1.82, 2.24) is 0 Å². The van der Waals surface area contributed by atoms with Gasteiger partial charge >= 0.3 is 0 Å². The quantitative estimate of drug-likeness (QED) is 0.450. The van der Waals surface area contributed by atoms with Crippen molar-refractivity contribution in [2.45, 2.75) is 103 Å². The fraction of sp³-hybridized carbons (Fsp3) is 0.786. The summed E-state index contributed by atoms with van der Waals surface area (Å²) in [5, 5.41) is 0. The van der Waals surface area contributed by atoms with Gasteiger partial charge in [-0.15, -0.1) is 0 Å². The second-order valence-electron chi connectivity index (χ2n) is 11.0. The zero-order valence-corrected chi connectivity index (χ0v) is 18.8. The summed E-state index contributed by atoms with van der Waals surface area (Å²) in [6.45, 7) is 2.11. The molecule has 4 rings (SSSR count). The summed E-state index contributed by atoms with van der Waals surface area (Å²) in [6, 6.07) is 8.17. The van der Waals surface area contributed by atoms with Gasteiger partial charge in [-0.1, -0.05) is 56.9 Å². The van der Waals surface area contributed by atoms with Crippen LogP contribution in [0.1, 0.15) is 102 Å². The molecule has 1 heteroatoms. The van der Waals surface area contributed by atoms with Crippen LogP contribution >= 0.6 is 0 Å². The molecule has 0 aromatic heterocycles. The van der Waals surface area contributed by atoms with Gasteiger partial charge < -0.3 is 0 Å². The highest BCUT2D eigenvalue weighted by Gasteiger charge is 2.34. The largest absolute Gasteiger partial charge is 0.246 e. The number of hydrogen-bond donors (Lipinski definition) is 0. The van der Waals surface area contributed by atoms with Crippen molar-refractivity contribution >= 4 is 0 Å². The average Bonchev–Trinajstić information content (AvgIpc) is 2.79. The van der Waals surface area contributed by atoms with Crippen molar-refractivity contribution in [2.24, 2.45) is 35.5 Å². The molecule has 3 aliphatic carbocycles. The van der Waals surface area contributed by atoms with Crippen LogP contribution in [0, 0.1) is 35.5 Å². The topological polar surface area (TPSA) is 0 Å². The van der Waals surface area contributed by atoms with Gasteiger partial charge in [-0.3, -0.25) is 0 Å². The number of alkyl halides is 1. The van der Waals surface area contributed by atoms with Gasteiger partial charge in [0.2, 0.25) is 0 Å². The van der Waals surface area contributed by atoms with Crippen molar-refractivity contribution in [3.8, 4) is 0 Å². The molecule has 3 fully saturated rings. The van der Waals surface area contributed by atoms with Gasteiger partial charge in [0.15, 0.2) is 0 Å². The molecule has 0 nitrogen and oxygen atoms in total. The fourth-order valence-corrected chi connectivity index (χ4v) is 6.96. The molecule has 0 bridgehead atoms. The second kappa shape index (κ2) is 10.5. The van der Waals surface area contributed by atoms with E-state index in [2.05, 4.69) is 19.1 Å². The highest BCUT2D eigenvalue weighted by molar-refractivity contribution is 5.22. The van der Waals surface area contributed by atoms with E-state index in [4.69, 9.17) is 0 Å². The van der Waals surface area contributed by atoms with Crippen LogP contribution in [0.15, 0.2) is 24.3 Å². The summed E-state index contributed by atoms with van der Waals surface area (Å²) >= 11 is 0. The molecular formula is C28H43F. The predicted molar refractivity (Wildman–Crippen MR) is 122 cm³/mol. The molecule has 0 radical (unpaired) electrons. The molecule has 0 unspecified atom stereocenters. The Morgan fingerprint density at radius 1 is 0.621 bits per heavy atom. The molecule has 0 aliphatic heterocycles. The van der Waals surface area contributed by atoms with E-state index >= 15 is 0 Å². The van der Waals surface area contributed by atoms with E-state index in [0.29, 0.717) is 0 Å². The summed E-state index contributed by atoms with van der Waals surface area (Å²) in [5.41, 5.74) is 2.20. The van der Waals surface area contributed by atoms with Gasteiger partial charge in [-0.2, -0.15) is 0 Å². The Labute approximate surface area is 179 Å². The first-order valence-electron chi connectivity index (χ1n) is 12.8. The molecule has 29 heavy (non-hydrogen) atoms. The van der Waals surface area contributed by atoms with E-state index in [1.54, 1.807) is 12.8 Å². The molecular weight excluding hydrogens is 355 g/mol. The third-order valence-electron chi connectivity index (χ3n) is 9.12. The first kappa shape index (κ1) is 21.4. The highest BCUT2D eigenvalue weighted by atomic mass is 19.1. The molecule has 162 valence electrons. The minimum absolute atomic E-state index is 0.341. The van der Waals surface area contributed by atoms with Crippen LogP contribution in [0.3, 0.4) is 0 Å². The van der Waals surface area contributed by atoms with Crippen LogP contribution in [0.5, 0.6) is 0 Å². The lowest BCUT2D eigenvalue weighted by Crippen LogP contribution is -2.29. The van der Waals surface area contributed by atoms with Crippen molar-refractivity contribution < 1.29 is 4.39 Å².